The van der Waals surface area contributed by atoms with Crippen molar-refractivity contribution < 1.29 is 47.4 Å². The molecule has 1 aliphatic heterocycles. The first-order valence-electron chi connectivity index (χ1n) is 13.8. The normalized spacial score (nSPS) is 16.3. The molecule has 2 aromatic carbocycles. The fourth-order valence-electron chi connectivity index (χ4n) is 4.27. The van der Waals surface area contributed by atoms with E-state index in [2.05, 4.69) is 5.32 Å². The van der Waals surface area contributed by atoms with E-state index in [0.717, 1.165) is 5.56 Å². The lowest BCUT2D eigenvalue weighted by atomic mass is 10.1. The van der Waals surface area contributed by atoms with Crippen molar-refractivity contribution in [1.29, 1.82) is 0 Å². The molecule has 0 radical (unpaired) electrons. The summed E-state index contributed by atoms with van der Waals surface area (Å²) in [6.07, 6.45) is -0.742. The number of hydrogen-bond donors (Lipinski definition) is 2. The number of amides is 2. The summed E-state index contributed by atoms with van der Waals surface area (Å²) in [7, 11) is -2.80. The standard InChI is InChI=1S/C29H35N2O10P/c1-21(40-28(35)23-13-6-3-7-14-23)19-39-42(37)41-25(26(32)31-18-10-15-24(31)27(33)34)16-8-9-17-30-29(36)38-20-22-11-4-2-5-12-22/h2-7,11-14,21,24-25H,8-10,15-20H2,1H3,(H-,30,33,34,36)/p+1/t21?,24-,25-/m0/s1. The Morgan fingerprint density at radius 3 is 2.43 bits per heavy atom. The number of likely N-dealkylation sites (tertiary alicyclic amines) is 1. The molecule has 2 N–H and O–H groups in total. The van der Waals surface area contributed by atoms with Gasteiger partial charge in [-0.2, -0.15) is 0 Å². The van der Waals surface area contributed by atoms with Gasteiger partial charge in [0.1, 0.15) is 25.4 Å². The van der Waals surface area contributed by atoms with E-state index in [9.17, 15) is 28.8 Å². The van der Waals surface area contributed by atoms with E-state index in [0.29, 0.717) is 31.2 Å². The number of benzene rings is 2. The molecule has 1 heterocycles. The number of carboxylic acid groups (broad SMARTS) is 1. The zero-order valence-corrected chi connectivity index (χ0v) is 24.3. The van der Waals surface area contributed by atoms with E-state index in [4.69, 9.17) is 18.5 Å². The van der Waals surface area contributed by atoms with Crippen molar-refractivity contribution in [3.8, 4) is 0 Å². The second-order valence-corrected chi connectivity index (χ2v) is 10.6. The van der Waals surface area contributed by atoms with Crippen LogP contribution in [0.15, 0.2) is 60.7 Å². The van der Waals surface area contributed by atoms with Crippen molar-refractivity contribution >= 4 is 32.2 Å². The molecule has 2 amide bonds. The van der Waals surface area contributed by atoms with Crippen LogP contribution in [0.3, 0.4) is 0 Å². The van der Waals surface area contributed by atoms with Crippen molar-refractivity contribution in [1.82, 2.24) is 10.2 Å². The van der Waals surface area contributed by atoms with E-state index in [1.807, 2.05) is 30.3 Å². The van der Waals surface area contributed by atoms with Crippen molar-refractivity contribution in [2.24, 2.45) is 0 Å². The highest BCUT2D eigenvalue weighted by Gasteiger charge is 2.41. The Bertz CT molecular complexity index is 1200. The first-order chi connectivity index (χ1) is 20.2. The minimum Gasteiger partial charge on any atom is -0.480 e. The Morgan fingerprint density at radius 2 is 1.74 bits per heavy atom. The van der Waals surface area contributed by atoms with Crippen LogP contribution < -0.4 is 5.32 Å². The zero-order chi connectivity index (χ0) is 30.3. The van der Waals surface area contributed by atoms with E-state index >= 15 is 0 Å². The Morgan fingerprint density at radius 1 is 1.05 bits per heavy atom. The van der Waals surface area contributed by atoms with Gasteiger partial charge >= 0.3 is 26.3 Å². The van der Waals surface area contributed by atoms with Crippen LogP contribution in [0.2, 0.25) is 0 Å². The molecule has 0 bridgehead atoms. The monoisotopic (exact) mass is 603 g/mol. The number of rotatable bonds is 16. The third-order valence-electron chi connectivity index (χ3n) is 6.42. The number of unbranched alkanes of at least 4 members (excludes halogenated alkanes) is 1. The third kappa shape index (κ3) is 10.8. The average Bonchev–Trinajstić information content (AvgIpc) is 3.49. The van der Waals surface area contributed by atoms with E-state index < -0.39 is 50.4 Å². The van der Waals surface area contributed by atoms with Gasteiger partial charge in [0.15, 0.2) is 6.10 Å². The summed E-state index contributed by atoms with van der Waals surface area (Å²) in [5.74, 6) is -2.28. The molecule has 1 saturated heterocycles. The second kappa shape index (κ2) is 17.2. The van der Waals surface area contributed by atoms with Crippen LogP contribution in [0.25, 0.3) is 0 Å². The van der Waals surface area contributed by atoms with E-state index in [1.165, 1.54) is 4.90 Å². The van der Waals surface area contributed by atoms with Gasteiger partial charge in [0.05, 0.1) is 5.56 Å². The number of esters is 1. The smallest absolute Gasteiger partial charge is 0.480 e. The molecule has 0 spiro atoms. The van der Waals surface area contributed by atoms with Gasteiger partial charge in [0.2, 0.25) is 0 Å². The SMILES string of the molecule is CC(CO[P+](=O)O[C@@H](CCCCNC(=O)OCc1ccccc1)C(=O)N1CCC[C@H]1C(=O)O)OC(=O)c1ccccc1. The van der Waals surface area contributed by atoms with Crippen LogP contribution in [-0.2, 0) is 39.3 Å². The molecule has 2 unspecified atom stereocenters. The van der Waals surface area contributed by atoms with Crippen molar-refractivity contribution in [3.63, 3.8) is 0 Å². The van der Waals surface area contributed by atoms with Crippen LogP contribution in [0.1, 0.15) is 54.9 Å². The Balaban J connectivity index is 1.47. The quantitative estimate of drug-likeness (QED) is 0.159. The fourth-order valence-corrected chi connectivity index (χ4v) is 5.07. The molecule has 4 atom stereocenters. The summed E-state index contributed by atoms with van der Waals surface area (Å²) in [5, 5.41) is 12.1. The summed E-state index contributed by atoms with van der Waals surface area (Å²) in [5.41, 5.74) is 1.21. The molecule has 0 saturated carbocycles. The van der Waals surface area contributed by atoms with Gasteiger partial charge in [0, 0.05) is 17.7 Å². The number of carbonyl (C=O) groups is 4. The van der Waals surface area contributed by atoms with Crippen molar-refractivity contribution in [2.45, 2.75) is 63.9 Å². The number of nitrogens with one attached hydrogen (secondary N) is 1. The molecule has 12 nitrogen and oxygen atoms in total. The number of ether oxygens (including phenoxy) is 2. The highest BCUT2D eigenvalue weighted by molar-refractivity contribution is 7.33. The van der Waals surface area contributed by atoms with Gasteiger partial charge in [-0.15, -0.1) is 9.05 Å². The summed E-state index contributed by atoms with van der Waals surface area (Å²) in [4.78, 5) is 50.2. The van der Waals surface area contributed by atoms with Crippen LogP contribution in [-0.4, -0.2) is 71.9 Å². The Hall–Kier alpha value is -3.86. The zero-order valence-electron chi connectivity index (χ0n) is 23.4. The molecule has 0 aliphatic carbocycles. The van der Waals surface area contributed by atoms with Crippen LogP contribution in [0, 0.1) is 0 Å². The number of carbonyl (C=O) groups excluding carboxylic acids is 3. The van der Waals surface area contributed by atoms with Crippen LogP contribution in [0.5, 0.6) is 0 Å². The molecular formula is C29H36N2O10P+. The van der Waals surface area contributed by atoms with Gasteiger partial charge in [-0.25, -0.2) is 14.4 Å². The van der Waals surface area contributed by atoms with E-state index in [-0.39, 0.29) is 32.7 Å². The predicted octanol–water partition coefficient (Wildman–Crippen LogP) is 4.46. The lowest BCUT2D eigenvalue weighted by Gasteiger charge is -2.24. The minimum atomic E-state index is -2.80. The molecule has 2 aromatic rings. The number of carboxylic acids is 1. The van der Waals surface area contributed by atoms with Gasteiger partial charge in [-0.1, -0.05) is 48.5 Å². The summed E-state index contributed by atoms with van der Waals surface area (Å²) in [6.45, 7) is 1.96. The van der Waals surface area contributed by atoms with Crippen molar-refractivity contribution in [2.75, 3.05) is 19.7 Å². The summed E-state index contributed by atoms with van der Waals surface area (Å²) < 4.78 is 33.8. The lowest BCUT2D eigenvalue weighted by Crippen LogP contribution is -2.45. The third-order valence-corrected chi connectivity index (χ3v) is 7.20. The van der Waals surface area contributed by atoms with E-state index in [1.54, 1.807) is 37.3 Å². The van der Waals surface area contributed by atoms with Crippen molar-refractivity contribution in [3.05, 3.63) is 71.8 Å². The van der Waals surface area contributed by atoms with Crippen LogP contribution >= 0.6 is 8.25 Å². The largest absolute Gasteiger partial charge is 0.698 e. The van der Waals surface area contributed by atoms with Gasteiger partial charge in [-0.05, 0) is 56.7 Å². The number of hydrogen-bond acceptors (Lipinski definition) is 9. The lowest BCUT2D eigenvalue weighted by molar-refractivity contribution is -0.151. The Kier molecular flexibility index (Phi) is 13.4. The predicted molar refractivity (Wildman–Crippen MR) is 151 cm³/mol. The Labute approximate surface area is 245 Å². The number of nitrogens with zero attached hydrogens (tertiary/aromatic N) is 1. The fraction of sp³-hybridized carbons (Fsp3) is 0.448. The van der Waals surface area contributed by atoms with Gasteiger partial charge in [-0.3, -0.25) is 4.79 Å². The first-order valence-corrected chi connectivity index (χ1v) is 14.8. The average molecular weight is 604 g/mol. The molecular weight excluding hydrogens is 567 g/mol. The summed E-state index contributed by atoms with van der Waals surface area (Å²) in [6, 6.07) is 16.6. The molecule has 0 aromatic heterocycles. The second-order valence-electron chi connectivity index (χ2n) is 9.71. The highest BCUT2D eigenvalue weighted by Crippen LogP contribution is 2.31. The molecule has 1 aliphatic rings. The molecule has 42 heavy (non-hydrogen) atoms. The van der Waals surface area contributed by atoms with Gasteiger partial charge in [0.25, 0.3) is 5.91 Å². The number of alkyl carbamates (subject to hydrolysis) is 1. The maximum absolute atomic E-state index is 13.2. The maximum Gasteiger partial charge on any atom is 0.698 e. The maximum atomic E-state index is 13.2. The van der Waals surface area contributed by atoms with Crippen LogP contribution in [0.4, 0.5) is 4.79 Å². The molecule has 3 rings (SSSR count). The highest BCUT2D eigenvalue weighted by atomic mass is 31.1. The molecule has 1 fully saturated rings. The van der Waals surface area contributed by atoms with Gasteiger partial charge < -0.3 is 24.8 Å². The topological polar surface area (TPSA) is 158 Å². The molecule has 226 valence electrons. The molecule has 13 heteroatoms. The first kappa shape index (κ1) is 32.7. The number of aliphatic carboxylic acids is 1. The summed E-state index contributed by atoms with van der Waals surface area (Å²) >= 11 is 0. The minimum absolute atomic E-state index is 0.116.